The molecule has 6 heteroatoms. The zero-order chi connectivity index (χ0) is 13.1. The van der Waals surface area contributed by atoms with E-state index < -0.39 is 0 Å². The van der Waals surface area contributed by atoms with Crippen LogP contribution in [-0.4, -0.2) is 37.2 Å². The number of hydrazone groups is 1. The van der Waals surface area contributed by atoms with E-state index in [1.807, 2.05) is 30.3 Å². The van der Waals surface area contributed by atoms with Crippen LogP contribution >= 0.6 is 0 Å². The maximum Gasteiger partial charge on any atom is 0.240 e. The van der Waals surface area contributed by atoms with E-state index in [1.165, 1.54) is 5.17 Å². The van der Waals surface area contributed by atoms with Crippen LogP contribution in [0.4, 0.5) is 0 Å². The largest absolute Gasteiger partial charge is 0.448 e. The molecule has 1 fully saturated rings. The summed E-state index contributed by atoms with van der Waals surface area (Å²) in [5.74, 6) is 0.581. The van der Waals surface area contributed by atoms with Crippen LogP contribution in [-0.2, 0) is 19.0 Å². The molecule has 2 aliphatic rings. The molecular formula is C13H16N2O4. The van der Waals surface area contributed by atoms with E-state index in [0.29, 0.717) is 25.9 Å². The second kappa shape index (κ2) is 5.56. The average molecular weight is 264 g/mol. The average Bonchev–Trinajstić information content (AvgIpc) is 3.06. The maximum atomic E-state index is 5.65. The minimum atomic E-state index is -0.344. The van der Waals surface area contributed by atoms with Crippen LogP contribution in [0.2, 0.25) is 0 Å². The van der Waals surface area contributed by atoms with Crippen molar-refractivity contribution < 1.29 is 19.0 Å². The van der Waals surface area contributed by atoms with E-state index in [2.05, 4.69) is 5.10 Å². The Labute approximate surface area is 111 Å². The van der Waals surface area contributed by atoms with Crippen LogP contribution in [0.5, 0.6) is 0 Å². The van der Waals surface area contributed by atoms with Crippen LogP contribution in [0.15, 0.2) is 35.4 Å². The molecule has 0 aromatic heterocycles. The maximum absolute atomic E-state index is 5.65. The highest BCUT2D eigenvalue weighted by Crippen LogP contribution is 2.28. The predicted molar refractivity (Wildman–Crippen MR) is 66.9 cm³/mol. The van der Waals surface area contributed by atoms with Gasteiger partial charge < -0.3 is 14.2 Å². The fraction of sp³-hybridized carbons (Fsp3) is 0.462. The zero-order valence-electron chi connectivity index (χ0n) is 10.7. The lowest BCUT2D eigenvalue weighted by atomic mass is 10.2. The van der Waals surface area contributed by atoms with Gasteiger partial charge >= 0.3 is 0 Å². The molecule has 2 aliphatic heterocycles. The van der Waals surface area contributed by atoms with Crippen molar-refractivity contribution in [2.24, 2.45) is 5.10 Å². The number of benzene rings is 1. The van der Waals surface area contributed by atoms with Gasteiger partial charge in [-0.3, -0.25) is 0 Å². The molecular weight excluding hydrogens is 248 g/mol. The van der Waals surface area contributed by atoms with Crippen molar-refractivity contribution in [2.75, 3.05) is 20.0 Å². The van der Waals surface area contributed by atoms with Gasteiger partial charge in [0.15, 0.2) is 0 Å². The molecule has 0 aliphatic carbocycles. The predicted octanol–water partition coefficient (Wildman–Crippen LogP) is 1.66. The number of hydrogen-bond donors (Lipinski definition) is 0. The third kappa shape index (κ3) is 2.86. The van der Waals surface area contributed by atoms with Gasteiger partial charge in [-0.15, -0.1) is 10.3 Å². The lowest BCUT2D eigenvalue weighted by Crippen LogP contribution is -2.27. The van der Waals surface area contributed by atoms with Crippen molar-refractivity contribution in [1.82, 2.24) is 5.17 Å². The quantitative estimate of drug-likeness (QED) is 0.827. The van der Waals surface area contributed by atoms with Gasteiger partial charge in [0.25, 0.3) is 0 Å². The van der Waals surface area contributed by atoms with Gasteiger partial charge in [0.05, 0.1) is 6.61 Å². The molecule has 2 heterocycles. The molecule has 2 unspecified atom stereocenters. The first-order valence-electron chi connectivity index (χ1n) is 6.21. The lowest BCUT2D eigenvalue weighted by Gasteiger charge is -2.22. The van der Waals surface area contributed by atoms with E-state index in [0.717, 1.165) is 5.56 Å². The summed E-state index contributed by atoms with van der Waals surface area (Å²) >= 11 is 0. The lowest BCUT2D eigenvalue weighted by molar-refractivity contribution is -0.231. The van der Waals surface area contributed by atoms with Crippen molar-refractivity contribution >= 4 is 5.90 Å². The summed E-state index contributed by atoms with van der Waals surface area (Å²) in [5, 5.41) is 5.69. The molecule has 1 aromatic rings. The van der Waals surface area contributed by atoms with Gasteiger partial charge in [0.2, 0.25) is 12.1 Å². The van der Waals surface area contributed by atoms with Crippen molar-refractivity contribution in [1.29, 1.82) is 0 Å². The van der Waals surface area contributed by atoms with Crippen molar-refractivity contribution in [2.45, 2.75) is 19.3 Å². The molecule has 19 heavy (non-hydrogen) atoms. The summed E-state index contributed by atoms with van der Waals surface area (Å²) in [4.78, 5) is 5.64. The van der Waals surface area contributed by atoms with E-state index in [4.69, 9.17) is 19.0 Å². The molecule has 102 valence electrons. The van der Waals surface area contributed by atoms with Crippen molar-refractivity contribution in [3.63, 3.8) is 0 Å². The second-order valence-corrected chi connectivity index (χ2v) is 4.38. The normalized spacial score (nSPS) is 26.4. The number of nitrogens with zero attached hydrogens (tertiary/aromatic N) is 2. The molecule has 0 bridgehead atoms. The number of ether oxygens (including phenoxy) is 3. The summed E-state index contributed by atoms with van der Waals surface area (Å²) in [6, 6.07) is 9.83. The molecule has 0 saturated carbocycles. The molecule has 1 aromatic carbocycles. The third-order valence-electron chi connectivity index (χ3n) is 2.89. The number of hydrogen-bond acceptors (Lipinski definition) is 6. The highest BCUT2D eigenvalue weighted by Gasteiger charge is 2.30. The molecule has 1 saturated heterocycles. The monoisotopic (exact) mass is 264 g/mol. The Morgan fingerprint density at radius 2 is 2.21 bits per heavy atom. The summed E-state index contributed by atoms with van der Waals surface area (Å²) < 4.78 is 16.1. The smallest absolute Gasteiger partial charge is 0.240 e. The van der Waals surface area contributed by atoms with Gasteiger partial charge in [-0.1, -0.05) is 30.3 Å². The molecule has 0 amide bonds. The Bertz CT molecular complexity index is 445. The van der Waals surface area contributed by atoms with Gasteiger partial charge in [0, 0.05) is 12.5 Å². The van der Waals surface area contributed by atoms with E-state index in [9.17, 15) is 0 Å². The first-order chi connectivity index (χ1) is 9.33. The van der Waals surface area contributed by atoms with E-state index in [1.54, 1.807) is 6.92 Å². The Morgan fingerprint density at radius 3 is 2.95 bits per heavy atom. The Hall–Kier alpha value is -1.63. The minimum absolute atomic E-state index is 0.0486. The fourth-order valence-corrected chi connectivity index (χ4v) is 1.96. The molecule has 3 rings (SSSR count). The molecule has 6 nitrogen and oxygen atoms in total. The molecule has 2 atom stereocenters. The van der Waals surface area contributed by atoms with E-state index in [-0.39, 0.29) is 12.3 Å². The SMILES string of the molecule is CC1=NN(OCC2COCO2)C(c2ccccc2)O1. The van der Waals surface area contributed by atoms with Crippen LogP contribution in [0.3, 0.4) is 0 Å². The Kier molecular flexibility index (Phi) is 3.63. The van der Waals surface area contributed by atoms with Crippen LogP contribution < -0.4 is 0 Å². The topological polar surface area (TPSA) is 52.5 Å². The highest BCUT2D eigenvalue weighted by molar-refractivity contribution is 5.74. The summed E-state index contributed by atoms with van der Waals surface area (Å²) in [7, 11) is 0. The van der Waals surface area contributed by atoms with Gasteiger partial charge in [-0.2, -0.15) is 0 Å². The second-order valence-electron chi connectivity index (χ2n) is 4.38. The molecule has 0 radical (unpaired) electrons. The Morgan fingerprint density at radius 1 is 1.37 bits per heavy atom. The fourth-order valence-electron chi connectivity index (χ4n) is 1.96. The first kappa shape index (κ1) is 12.4. The Balaban J connectivity index is 1.64. The first-order valence-corrected chi connectivity index (χ1v) is 6.21. The third-order valence-corrected chi connectivity index (χ3v) is 2.89. The summed E-state index contributed by atoms with van der Waals surface area (Å²) in [6.45, 7) is 3.07. The number of rotatable bonds is 4. The zero-order valence-corrected chi connectivity index (χ0v) is 10.7. The summed E-state index contributed by atoms with van der Waals surface area (Å²) in [5.41, 5.74) is 0.992. The number of hydroxylamine groups is 1. The van der Waals surface area contributed by atoms with Gasteiger partial charge in [0.1, 0.15) is 19.5 Å². The van der Waals surface area contributed by atoms with Crippen molar-refractivity contribution in [3.05, 3.63) is 35.9 Å². The van der Waals surface area contributed by atoms with Gasteiger partial charge in [-0.25, -0.2) is 4.84 Å². The van der Waals surface area contributed by atoms with Crippen LogP contribution in [0.1, 0.15) is 18.7 Å². The van der Waals surface area contributed by atoms with Crippen LogP contribution in [0.25, 0.3) is 0 Å². The van der Waals surface area contributed by atoms with Crippen molar-refractivity contribution in [3.8, 4) is 0 Å². The van der Waals surface area contributed by atoms with Crippen LogP contribution in [0, 0.1) is 0 Å². The molecule has 0 spiro atoms. The highest BCUT2D eigenvalue weighted by atomic mass is 16.8. The molecule has 0 N–H and O–H groups in total. The van der Waals surface area contributed by atoms with E-state index >= 15 is 0 Å². The standard InChI is InChI=1S/C13H16N2O4/c1-10-14-15(18-8-12-7-16-9-17-12)13(19-10)11-5-3-2-4-6-11/h2-6,12-13H,7-9H2,1H3. The minimum Gasteiger partial charge on any atom is -0.448 e. The van der Waals surface area contributed by atoms with Gasteiger partial charge in [-0.05, 0) is 0 Å². The summed E-state index contributed by atoms with van der Waals surface area (Å²) in [6.07, 6.45) is -0.393.